The maximum atomic E-state index is 14.1. The minimum absolute atomic E-state index is 0.125. The molecule has 4 aromatic rings. The number of aromatic nitrogens is 1. The molecule has 8 nitrogen and oxygen atoms in total. The van der Waals surface area contributed by atoms with Crippen LogP contribution in [0.15, 0.2) is 65.6 Å². The highest BCUT2D eigenvalue weighted by Gasteiger charge is 2.39. The van der Waals surface area contributed by atoms with Gasteiger partial charge in [-0.1, -0.05) is 35.9 Å². The summed E-state index contributed by atoms with van der Waals surface area (Å²) < 4.78 is 25.1. The van der Waals surface area contributed by atoms with E-state index >= 15 is 0 Å². The van der Waals surface area contributed by atoms with Gasteiger partial charge in [0.2, 0.25) is 5.43 Å². The smallest absolute Gasteiger partial charge is 0.201 e. The Morgan fingerprint density at radius 2 is 1.46 bits per heavy atom. The summed E-state index contributed by atoms with van der Waals surface area (Å²) in [6.07, 6.45) is 6.41. The number of aryl methyl sites for hydroxylation is 1. The number of Topliss-reactive ketones (excluding diaryl/α,β-unsaturated/α-hetero) is 1. The fourth-order valence-corrected chi connectivity index (χ4v) is 7.31. The summed E-state index contributed by atoms with van der Waals surface area (Å²) in [4.78, 5) is 30.3. The molecule has 1 aromatic heterocycles. The van der Waals surface area contributed by atoms with Crippen molar-refractivity contribution < 1.29 is 23.7 Å². The number of ether oxygens (including phenoxy) is 4. The quantitative estimate of drug-likeness (QED) is 0.150. The van der Waals surface area contributed by atoms with Crippen LogP contribution < -0.4 is 24.4 Å². The van der Waals surface area contributed by atoms with Crippen molar-refractivity contribution in [3.05, 3.63) is 92.7 Å². The van der Waals surface area contributed by atoms with E-state index in [0.29, 0.717) is 36.3 Å². The third-order valence-corrected chi connectivity index (χ3v) is 10.00. The van der Waals surface area contributed by atoms with Gasteiger partial charge >= 0.3 is 0 Å². The first-order valence-electron chi connectivity index (χ1n) is 16.0. The van der Waals surface area contributed by atoms with Crippen molar-refractivity contribution in [3.63, 3.8) is 0 Å². The van der Waals surface area contributed by atoms with Crippen LogP contribution in [0.1, 0.15) is 60.5 Å². The summed E-state index contributed by atoms with van der Waals surface area (Å²) in [6, 6.07) is 18.0. The Balaban J connectivity index is 1.35. The van der Waals surface area contributed by atoms with Gasteiger partial charge in [0.05, 0.1) is 35.7 Å². The molecule has 0 saturated carbocycles. The van der Waals surface area contributed by atoms with E-state index in [1.165, 1.54) is 12.8 Å². The van der Waals surface area contributed by atoms with Crippen LogP contribution in [0, 0.1) is 5.92 Å². The second kappa shape index (κ2) is 13.8. The number of benzene rings is 3. The summed E-state index contributed by atoms with van der Waals surface area (Å²) in [6.45, 7) is 2.95. The van der Waals surface area contributed by atoms with Crippen molar-refractivity contribution in [2.75, 3.05) is 21.3 Å². The van der Waals surface area contributed by atoms with Gasteiger partial charge in [0.1, 0.15) is 24.7 Å². The number of carbonyl (C=O) groups excluding carboxylic acids is 1. The number of methoxy groups -OCH3 is 2. The molecule has 2 saturated heterocycles. The average Bonchev–Trinajstić information content (AvgIpc) is 3.26. The number of nitrogens with zero attached hydrogens (tertiary/aromatic N) is 2. The highest BCUT2D eigenvalue weighted by molar-refractivity contribution is 6.37. The van der Waals surface area contributed by atoms with Crippen LogP contribution in [0.4, 0.5) is 0 Å². The zero-order valence-electron chi connectivity index (χ0n) is 26.9. The maximum Gasteiger partial charge on any atom is 0.201 e. The average molecular weight is 645 g/mol. The molecule has 242 valence electrons. The van der Waals surface area contributed by atoms with Gasteiger partial charge in [-0.05, 0) is 81.0 Å². The van der Waals surface area contributed by atoms with Crippen LogP contribution in [0.2, 0.25) is 5.02 Å². The topological polar surface area (TPSA) is 79.2 Å². The fourth-order valence-electron chi connectivity index (χ4n) is 6.98. The van der Waals surface area contributed by atoms with E-state index in [4.69, 9.17) is 30.5 Å². The Morgan fingerprint density at radius 1 is 0.891 bits per heavy atom. The Hall–Kier alpha value is -4.01. The minimum atomic E-state index is -0.374. The molecule has 0 spiro atoms. The van der Waals surface area contributed by atoms with Gasteiger partial charge < -0.3 is 28.4 Å². The van der Waals surface area contributed by atoms with Crippen LogP contribution in [-0.2, 0) is 19.8 Å². The normalized spacial score (nSPS) is 19.3. The molecule has 2 fully saturated rings. The SMILES string of the molecule is CCn1cc(C(=O)CC2C[C@H]3CC[C@@H](C2)N3C)c(=O)c2c(Cl)c(OCc3ccc(OC)cc3)c(OCc3ccc(OC)cc3)cc21. The van der Waals surface area contributed by atoms with Crippen LogP contribution in [0.3, 0.4) is 0 Å². The monoisotopic (exact) mass is 644 g/mol. The highest BCUT2D eigenvalue weighted by atomic mass is 35.5. The number of pyridine rings is 1. The molecule has 3 aromatic carbocycles. The van der Waals surface area contributed by atoms with Gasteiger partial charge in [0.25, 0.3) is 0 Å². The molecule has 3 heterocycles. The number of ketones is 1. The molecule has 1 unspecified atom stereocenters. The van der Waals surface area contributed by atoms with Crippen LogP contribution >= 0.6 is 11.6 Å². The first kappa shape index (κ1) is 32.0. The maximum absolute atomic E-state index is 14.1. The Bertz CT molecular complexity index is 1750. The van der Waals surface area contributed by atoms with E-state index in [1.807, 2.05) is 60.0 Å². The Morgan fingerprint density at radius 3 is 2.00 bits per heavy atom. The number of rotatable bonds is 12. The zero-order valence-corrected chi connectivity index (χ0v) is 27.6. The zero-order chi connectivity index (χ0) is 32.4. The molecule has 0 radical (unpaired) electrons. The number of carbonyl (C=O) groups is 1. The molecule has 46 heavy (non-hydrogen) atoms. The summed E-state index contributed by atoms with van der Waals surface area (Å²) in [5, 5.41) is 0.397. The van der Waals surface area contributed by atoms with Gasteiger partial charge in [0, 0.05) is 37.3 Å². The first-order chi connectivity index (χ1) is 22.3. The molecule has 3 atom stereocenters. The van der Waals surface area contributed by atoms with Crippen LogP contribution in [0.25, 0.3) is 10.9 Å². The predicted octanol–water partition coefficient (Wildman–Crippen LogP) is 7.30. The molecule has 0 aliphatic carbocycles. The van der Waals surface area contributed by atoms with Gasteiger partial charge in [-0.15, -0.1) is 0 Å². The lowest BCUT2D eigenvalue weighted by molar-refractivity contribution is 0.0881. The lowest BCUT2D eigenvalue weighted by Gasteiger charge is -2.36. The standard InChI is InChI=1S/C37H41ClN2O6/c1-5-40-20-30(32(41)18-25-16-26-10-11-27(17-25)39(26)2)36(42)34-31(40)19-33(45-21-23-6-12-28(43-3)13-7-23)37(35(34)38)46-22-24-8-14-29(44-4)15-9-24/h6-9,12-15,19-20,25-27H,5,10-11,16-18,21-22H2,1-4H3/t25?,26-,27+. The van der Waals surface area contributed by atoms with E-state index in [0.717, 1.165) is 35.5 Å². The number of hydrogen-bond acceptors (Lipinski definition) is 7. The van der Waals surface area contributed by atoms with Crippen molar-refractivity contribution in [2.45, 2.75) is 70.9 Å². The van der Waals surface area contributed by atoms with Crippen molar-refractivity contribution >= 4 is 28.3 Å². The number of piperidine rings is 1. The summed E-state index contributed by atoms with van der Waals surface area (Å²) in [5.41, 5.74) is 2.21. The summed E-state index contributed by atoms with van der Waals surface area (Å²) in [7, 11) is 5.43. The Labute approximate surface area is 274 Å². The molecule has 2 bridgehead atoms. The molecule has 0 amide bonds. The molecule has 2 aliphatic heterocycles. The highest BCUT2D eigenvalue weighted by Crippen LogP contribution is 2.42. The molecular weight excluding hydrogens is 604 g/mol. The van der Waals surface area contributed by atoms with Gasteiger partial charge in [-0.3, -0.25) is 9.59 Å². The molecule has 6 rings (SSSR count). The lowest BCUT2D eigenvalue weighted by atomic mass is 9.86. The largest absolute Gasteiger partial charge is 0.497 e. The molecular formula is C37H41ClN2O6. The second-order valence-corrected chi connectivity index (χ2v) is 12.7. The predicted molar refractivity (Wildman–Crippen MR) is 180 cm³/mol. The van der Waals surface area contributed by atoms with Crippen molar-refractivity contribution in [1.82, 2.24) is 9.47 Å². The second-order valence-electron chi connectivity index (χ2n) is 12.4. The first-order valence-corrected chi connectivity index (χ1v) is 16.3. The van der Waals surface area contributed by atoms with E-state index in [9.17, 15) is 9.59 Å². The van der Waals surface area contributed by atoms with E-state index < -0.39 is 0 Å². The van der Waals surface area contributed by atoms with Crippen LogP contribution in [0.5, 0.6) is 23.0 Å². The van der Waals surface area contributed by atoms with E-state index in [2.05, 4.69) is 11.9 Å². The van der Waals surface area contributed by atoms with E-state index in [1.54, 1.807) is 26.5 Å². The van der Waals surface area contributed by atoms with Gasteiger partial charge in [-0.2, -0.15) is 0 Å². The lowest BCUT2D eigenvalue weighted by Crippen LogP contribution is -2.40. The molecule has 0 N–H and O–H groups in total. The molecule has 2 aliphatic rings. The third kappa shape index (κ3) is 6.46. The van der Waals surface area contributed by atoms with E-state index in [-0.39, 0.29) is 52.1 Å². The van der Waals surface area contributed by atoms with Crippen molar-refractivity contribution in [2.24, 2.45) is 5.92 Å². The van der Waals surface area contributed by atoms with Crippen molar-refractivity contribution in [3.8, 4) is 23.0 Å². The van der Waals surface area contributed by atoms with Crippen molar-refractivity contribution in [1.29, 1.82) is 0 Å². The summed E-state index contributed by atoms with van der Waals surface area (Å²) >= 11 is 7.08. The number of halogens is 1. The van der Waals surface area contributed by atoms with Gasteiger partial charge in [-0.25, -0.2) is 0 Å². The third-order valence-electron chi connectivity index (χ3n) is 9.64. The molecule has 9 heteroatoms. The number of fused-ring (bicyclic) bond motifs is 3. The Kier molecular flexibility index (Phi) is 9.57. The van der Waals surface area contributed by atoms with Crippen LogP contribution in [-0.4, -0.2) is 48.6 Å². The minimum Gasteiger partial charge on any atom is -0.497 e. The number of hydrogen-bond donors (Lipinski definition) is 0. The fraction of sp³-hybridized carbons (Fsp3) is 0.405. The van der Waals surface area contributed by atoms with Gasteiger partial charge in [0.15, 0.2) is 17.3 Å². The summed E-state index contributed by atoms with van der Waals surface area (Å²) in [5.74, 6) is 2.31.